The molecule has 0 aromatic heterocycles. The Morgan fingerprint density at radius 3 is 2.76 bits per heavy atom. The van der Waals surface area contributed by atoms with Crippen LogP contribution in [-0.4, -0.2) is 26.5 Å². The van der Waals surface area contributed by atoms with Gasteiger partial charge in [-0.05, 0) is 0 Å². The van der Waals surface area contributed by atoms with E-state index in [1.54, 1.807) is 0 Å². The van der Waals surface area contributed by atoms with Crippen LogP contribution in [0.4, 0.5) is 17.1 Å². The number of carbonyl (C=O) groups is 1. The topological polar surface area (TPSA) is 79.8 Å². The Bertz CT molecular complexity index is 739. The number of rotatable bonds is 4. The van der Waals surface area contributed by atoms with Gasteiger partial charge in [0.05, 0.1) is 0 Å². The van der Waals surface area contributed by atoms with Crippen molar-refractivity contribution in [2.45, 2.75) is 12.5 Å². The Morgan fingerprint density at radius 1 is 1.14 bits per heavy atom. The van der Waals surface area contributed by atoms with Crippen molar-refractivity contribution in [2.75, 3.05) is 5.32 Å². The van der Waals surface area contributed by atoms with E-state index in [2.05, 4.69) is 13.2 Å². The molecule has 3 N–H and O–H groups in total. The third-order valence-corrected chi connectivity index (χ3v) is 4.32. The zero-order chi connectivity index (χ0) is 14.7. The number of hydrogen-bond donors (Lipinski definition) is 2. The van der Waals surface area contributed by atoms with Gasteiger partial charge in [0.25, 0.3) is 0 Å². The van der Waals surface area contributed by atoms with Gasteiger partial charge >= 0.3 is 128 Å². The van der Waals surface area contributed by atoms with Gasteiger partial charge in [0.2, 0.25) is 0 Å². The summed E-state index contributed by atoms with van der Waals surface area (Å²) in [6, 6.07) is 14.7. The third-order valence-electron chi connectivity index (χ3n) is 3.18. The van der Waals surface area contributed by atoms with E-state index in [1.165, 1.54) is 0 Å². The number of nitrogens with one attached hydrogen (secondary N) is 1. The molecule has 0 radical (unpaired) electrons. The molecule has 6 heteroatoms. The maximum absolute atomic E-state index is 12.2. The van der Waals surface area contributed by atoms with E-state index >= 15 is 0 Å². The van der Waals surface area contributed by atoms with Crippen LogP contribution in [0.15, 0.2) is 56.5 Å². The fourth-order valence-corrected chi connectivity index (χ4v) is 3.25. The van der Waals surface area contributed by atoms with Crippen LogP contribution >= 0.6 is 0 Å². The molecule has 0 saturated carbocycles. The molecule has 3 rings (SSSR count). The van der Waals surface area contributed by atoms with Crippen LogP contribution in [0.25, 0.3) is 0 Å². The summed E-state index contributed by atoms with van der Waals surface area (Å²) in [6.07, 6.45) is 0.507. The van der Waals surface area contributed by atoms with Crippen LogP contribution in [0.3, 0.4) is 0 Å². The summed E-state index contributed by atoms with van der Waals surface area (Å²) < 4.78 is 8.63. The molecule has 1 aliphatic heterocycles. The molecule has 0 aliphatic carbocycles. The molecular formula is C15H14N4OSe. The summed E-state index contributed by atoms with van der Waals surface area (Å²) in [5.41, 5.74) is 9.31. The van der Waals surface area contributed by atoms with Crippen molar-refractivity contribution in [3.05, 3.63) is 54.1 Å². The van der Waals surface area contributed by atoms with Crippen LogP contribution in [0.1, 0.15) is 5.56 Å². The number of fused-ring (bicyclic) bond motifs is 1. The van der Waals surface area contributed by atoms with E-state index in [-0.39, 0.29) is 20.5 Å². The van der Waals surface area contributed by atoms with Crippen LogP contribution in [0, 0.1) is 0 Å². The Hall–Kier alpha value is -2.01. The van der Waals surface area contributed by atoms with E-state index in [0.29, 0.717) is 12.1 Å². The molecule has 0 saturated heterocycles. The molecule has 0 unspecified atom stereocenters. The first-order valence-electron chi connectivity index (χ1n) is 6.55. The molecule has 21 heavy (non-hydrogen) atoms. The molecule has 0 spiro atoms. The Morgan fingerprint density at radius 2 is 1.95 bits per heavy atom. The predicted octanol–water partition coefficient (Wildman–Crippen LogP) is 2.54. The van der Waals surface area contributed by atoms with Gasteiger partial charge in [0, 0.05) is 0 Å². The van der Waals surface area contributed by atoms with Crippen molar-refractivity contribution in [3.63, 3.8) is 0 Å². The van der Waals surface area contributed by atoms with Crippen LogP contribution in [-0.2, 0) is 11.2 Å². The minimum atomic E-state index is -0.591. The van der Waals surface area contributed by atoms with Crippen molar-refractivity contribution in [3.8, 4) is 0 Å². The van der Waals surface area contributed by atoms with Gasteiger partial charge in [-0.15, -0.1) is 0 Å². The van der Waals surface area contributed by atoms with E-state index in [9.17, 15) is 4.79 Å². The summed E-state index contributed by atoms with van der Waals surface area (Å²) in [7, 11) is 0. The average molecular weight is 345 g/mol. The summed E-state index contributed by atoms with van der Waals surface area (Å²) >= 11 is -0.116. The second-order valence-electron chi connectivity index (χ2n) is 4.72. The van der Waals surface area contributed by atoms with Crippen molar-refractivity contribution >= 4 is 37.5 Å². The quantitative estimate of drug-likeness (QED) is 0.713. The summed E-state index contributed by atoms with van der Waals surface area (Å²) in [5, 5.41) is 2.85. The number of anilines is 1. The third kappa shape index (κ3) is 3.19. The first-order chi connectivity index (χ1) is 10.2. The summed E-state index contributed by atoms with van der Waals surface area (Å²) in [6.45, 7) is 0. The first kappa shape index (κ1) is 13.9. The molecule has 1 atom stereocenters. The molecule has 0 bridgehead atoms. The molecule has 1 aliphatic rings. The van der Waals surface area contributed by atoms with Gasteiger partial charge in [-0.25, -0.2) is 0 Å². The summed E-state index contributed by atoms with van der Waals surface area (Å²) in [5.74, 6) is -0.207. The number of hydrogen-bond acceptors (Lipinski definition) is 4. The maximum atomic E-state index is 12.2. The molecular weight excluding hydrogens is 331 g/mol. The van der Waals surface area contributed by atoms with Crippen LogP contribution < -0.4 is 11.1 Å². The number of nitrogens with two attached hydrogens (primary N) is 1. The van der Waals surface area contributed by atoms with Gasteiger partial charge in [-0.1, -0.05) is 0 Å². The second kappa shape index (κ2) is 6.18. The number of amides is 1. The number of nitrogens with zero attached hydrogens (tertiary/aromatic N) is 2. The van der Waals surface area contributed by atoms with E-state index in [0.717, 1.165) is 16.9 Å². The van der Waals surface area contributed by atoms with Gasteiger partial charge in [-0.3, -0.25) is 0 Å². The standard InChI is InChI=1S/C15H14N4OSe/c16-11(9-10-5-2-1-3-6-10)15(20)17-12-7-4-8-13-14(12)19-21-18-13/h1-8,11H,9,16H2,(H,17,20)/t11-/m0/s1. The number of benzene rings is 2. The Kier molecular flexibility index (Phi) is 4.10. The molecule has 0 fully saturated rings. The molecule has 2 aromatic rings. The average Bonchev–Trinajstić information content (AvgIpc) is 2.98. The van der Waals surface area contributed by atoms with E-state index < -0.39 is 6.04 Å². The van der Waals surface area contributed by atoms with E-state index in [4.69, 9.17) is 5.73 Å². The zero-order valence-electron chi connectivity index (χ0n) is 11.2. The van der Waals surface area contributed by atoms with Crippen LogP contribution in [0.5, 0.6) is 0 Å². The second-order valence-corrected chi connectivity index (χ2v) is 5.83. The predicted molar refractivity (Wildman–Crippen MR) is 83.1 cm³/mol. The minimum absolute atomic E-state index is 0.116. The van der Waals surface area contributed by atoms with Crippen molar-refractivity contribution < 1.29 is 4.79 Å². The SMILES string of the molecule is N[C@@H](Cc1ccccc1)C(=O)Nc1cccc2c1N=[Se]=N2. The zero-order valence-corrected chi connectivity index (χ0v) is 12.9. The molecule has 1 amide bonds. The van der Waals surface area contributed by atoms with Crippen molar-refractivity contribution in [1.29, 1.82) is 0 Å². The molecule has 1 heterocycles. The Labute approximate surface area is 128 Å². The van der Waals surface area contributed by atoms with Gasteiger partial charge in [0.15, 0.2) is 0 Å². The van der Waals surface area contributed by atoms with Gasteiger partial charge in [0.1, 0.15) is 0 Å². The fourth-order valence-electron chi connectivity index (χ4n) is 2.09. The Balaban J connectivity index is 1.70. The molecule has 5 nitrogen and oxygen atoms in total. The van der Waals surface area contributed by atoms with Crippen LogP contribution in [0.2, 0.25) is 0 Å². The molecule has 106 valence electrons. The van der Waals surface area contributed by atoms with E-state index in [1.807, 2.05) is 48.5 Å². The van der Waals surface area contributed by atoms with Gasteiger partial charge in [-0.2, -0.15) is 0 Å². The van der Waals surface area contributed by atoms with Crippen molar-refractivity contribution in [1.82, 2.24) is 0 Å². The fraction of sp³-hybridized carbons (Fsp3) is 0.133. The first-order valence-corrected chi connectivity index (χ1v) is 8.09. The van der Waals surface area contributed by atoms with Crippen molar-refractivity contribution in [2.24, 2.45) is 13.7 Å². The molecule has 2 aromatic carbocycles. The normalized spacial score (nSPS) is 13.4. The summed E-state index contributed by atoms with van der Waals surface area (Å²) in [4.78, 5) is 12.2. The monoisotopic (exact) mass is 346 g/mol. The van der Waals surface area contributed by atoms with Gasteiger partial charge < -0.3 is 0 Å². The number of carbonyl (C=O) groups excluding carboxylic acids is 1.